The summed E-state index contributed by atoms with van der Waals surface area (Å²) in [7, 11) is 5.29. The van der Waals surface area contributed by atoms with Gasteiger partial charge in [-0.2, -0.15) is 0 Å². The van der Waals surface area contributed by atoms with Gasteiger partial charge in [-0.15, -0.1) is 0 Å². The van der Waals surface area contributed by atoms with Gasteiger partial charge in [-0.05, 0) is 42.4 Å². The standard InChI is InChI=1S/C19H31N3O2/c1-20-18(21-14-16-7-6-8-17(13-16)24-3)22-15-19(11-12-23-2)9-4-5-10-19/h6-8,13H,4-5,9-12,14-15H2,1-3H3,(H2,20,21,22). The van der Waals surface area contributed by atoms with E-state index in [9.17, 15) is 0 Å². The predicted octanol–water partition coefficient (Wildman–Crippen LogP) is 2.96. The number of rotatable bonds is 8. The van der Waals surface area contributed by atoms with Crippen molar-refractivity contribution >= 4 is 5.96 Å². The number of hydrogen-bond donors (Lipinski definition) is 2. The van der Waals surface area contributed by atoms with Crippen LogP contribution in [0.25, 0.3) is 0 Å². The first-order chi connectivity index (χ1) is 11.7. The van der Waals surface area contributed by atoms with Crippen LogP contribution >= 0.6 is 0 Å². The Morgan fingerprint density at radius 1 is 1.21 bits per heavy atom. The Bertz CT molecular complexity index is 525. The van der Waals surface area contributed by atoms with Crippen LogP contribution in [-0.4, -0.2) is 40.4 Å². The molecule has 1 aromatic carbocycles. The van der Waals surface area contributed by atoms with Crippen LogP contribution in [0.1, 0.15) is 37.7 Å². The third-order valence-electron chi connectivity index (χ3n) is 4.95. The van der Waals surface area contributed by atoms with E-state index in [0.717, 1.165) is 37.8 Å². The zero-order valence-corrected chi connectivity index (χ0v) is 15.2. The van der Waals surface area contributed by atoms with Gasteiger partial charge in [-0.1, -0.05) is 25.0 Å². The van der Waals surface area contributed by atoms with E-state index in [-0.39, 0.29) is 0 Å². The van der Waals surface area contributed by atoms with Crippen molar-refractivity contribution in [3.63, 3.8) is 0 Å². The lowest BCUT2D eigenvalue weighted by Crippen LogP contribution is -2.43. The number of guanidine groups is 1. The molecule has 0 atom stereocenters. The Morgan fingerprint density at radius 2 is 2.00 bits per heavy atom. The first kappa shape index (κ1) is 18.6. The number of benzene rings is 1. The second kappa shape index (κ2) is 9.52. The second-order valence-corrected chi connectivity index (χ2v) is 6.58. The molecule has 0 aliphatic heterocycles. The molecule has 1 aromatic rings. The van der Waals surface area contributed by atoms with Crippen LogP contribution in [0, 0.1) is 5.41 Å². The van der Waals surface area contributed by atoms with Gasteiger partial charge >= 0.3 is 0 Å². The molecule has 5 nitrogen and oxygen atoms in total. The van der Waals surface area contributed by atoms with Crippen molar-refractivity contribution in [1.82, 2.24) is 10.6 Å². The van der Waals surface area contributed by atoms with Crippen LogP contribution in [0.2, 0.25) is 0 Å². The molecule has 0 bridgehead atoms. The highest BCUT2D eigenvalue weighted by Gasteiger charge is 2.33. The van der Waals surface area contributed by atoms with Gasteiger partial charge in [0.1, 0.15) is 5.75 Å². The van der Waals surface area contributed by atoms with E-state index < -0.39 is 0 Å². The van der Waals surface area contributed by atoms with Crippen LogP contribution < -0.4 is 15.4 Å². The van der Waals surface area contributed by atoms with Gasteiger partial charge in [0, 0.05) is 33.9 Å². The lowest BCUT2D eigenvalue weighted by atomic mass is 9.83. The van der Waals surface area contributed by atoms with Gasteiger partial charge in [0.2, 0.25) is 0 Å². The summed E-state index contributed by atoms with van der Waals surface area (Å²) >= 11 is 0. The maximum atomic E-state index is 5.30. The van der Waals surface area contributed by atoms with Crippen LogP contribution in [0.5, 0.6) is 5.75 Å². The van der Waals surface area contributed by atoms with Crippen LogP contribution in [0.15, 0.2) is 29.3 Å². The number of nitrogens with zero attached hydrogens (tertiary/aromatic N) is 1. The summed E-state index contributed by atoms with van der Waals surface area (Å²) in [6.07, 6.45) is 6.30. The minimum absolute atomic E-state index is 0.351. The first-order valence-corrected chi connectivity index (χ1v) is 8.78. The van der Waals surface area contributed by atoms with E-state index >= 15 is 0 Å². The number of hydrogen-bond acceptors (Lipinski definition) is 3. The molecule has 1 fully saturated rings. The molecule has 0 aromatic heterocycles. The largest absolute Gasteiger partial charge is 0.497 e. The quantitative estimate of drug-likeness (QED) is 0.567. The third-order valence-corrected chi connectivity index (χ3v) is 4.95. The van der Waals surface area contributed by atoms with Crippen molar-refractivity contribution < 1.29 is 9.47 Å². The Kier molecular flexibility index (Phi) is 7.37. The van der Waals surface area contributed by atoms with Gasteiger partial charge < -0.3 is 20.1 Å². The number of methoxy groups -OCH3 is 2. The van der Waals surface area contributed by atoms with E-state index in [1.807, 2.05) is 25.2 Å². The van der Waals surface area contributed by atoms with Crippen LogP contribution in [0.3, 0.4) is 0 Å². The lowest BCUT2D eigenvalue weighted by Gasteiger charge is -2.30. The molecule has 0 unspecified atom stereocenters. The maximum absolute atomic E-state index is 5.30. The van der Waals surface area contributed by atoms with Crippen LogP contribution in [-0.2, 0) is 11.3 Å². The molecule has 2 rings (SSSR count). The fraction of sp³-hybridized carbons (Fsp3) is 0.632. The van der Waals surface area contributed by atoms with Gasteiger partial charge in [0.15, 0.2) is 5.96 Å². The van der Waals surface area contributed by atoms with Crippen molar-refractivity contribution in [3.05, 3.63) is 29.8 Å². The third kappa shape index (κ3) is 5.41. The highest BCUT2D eigenvalue weighted by atomic mass is 16.5. The molecule has 0 radical (unpaired) electrons. The molecular formula is C19H31N3O2. The summed E-state index contributed by atoms with van der Waals surface area (Å²) < 4.78 is 10.6. The summed E-state index contributed by atoms with van der Waals surface area (Å²) in [5.74, 6) is 1.73. The van der Waals surface area contributed by atoms with Gasteiger partial charge in [0.25, 0.3) is 0 Å². The van der Waals surface area contributed by atoms with E-state index in [1.165, 1.54) is 31.2 Å². The Morgan fingerprint density at radius 3 is 2.67 bits per heavy atom. The van der Waals surface area contributed by atoms with Crippen LogP contribution in [0.4, 0.5) is 0 Å². The van der Waals surface area contributed by atoms with E-state index in [2.05, 4.69) is 21.7 Å². The topological polar surface area (TPSA) is 54.9 Å². The smallest absolute Gasteiger partial charge is 0.191 e. The van der Waals surface area contributed by atoms with Gasteiger partial charge in [0.05, 0.1) is 7.11 Å². The summed E-state index contributed by atoms with van der Waals surface area (Å²) in [5, 5.41) is 6.90. The molecule has 1 aliphatic rings. The molecule has 0 amide bonds. The summed E-state index contributed by atoms with van der Waals surface area (Å²) in [6.45, 7) is 2.51. The van der Waals surface area contributed by atoms with Gasteiger partial charge in [-0.3, -0.25) is 4.99 Å². The SMILES string of the molecule is CN=C(NCc1cccc(OC)c1)NCC1(CCOC)CCCC1. The Hall–Kier alpha value is -1.75. The van der Waals surface area contributed by atoms with Crippen molar-refractivity contribution in [2.75, 3.05) is 34.4 Å². The monoisotopic (exact) mass is 333 g/mol. The summed E-state index contributed by atoms with van der Waals surface area (Å²) in [4.78, 5) is 4.35. The zero-order chi connectivity index (χ0) is 17.3. The number of nitrogens with one attached hydrogen (secondary N) is 2. The minimum atomic E-state index is 0.351. The molecule has 134 valence electrons. The average molecular weight is 333 g/mol. The molecule has 0 heterocycles. The van der Waals surface area contributed by atoms with E-state index in [1.54, 1.807) is 14.2 Å². The van der Waals surface area contributed by atoms with E-state index in [4.69, 9.17) is 9.47 Å². The molecular weight excluding hydrogens is 302 g/mol. The highest BCUT2D eigenvalue weighted by molar-refractivity contribution is 5.79. The molecule has 1 saturated carbocycles. The summed E-state index contributed by atoms with van der Waals surface area (Å²) in [6, 6.07) is 8.08. The molecule has 24 heavy (non-hydrogen) atoms. The van der Waals surface area contributed by atoms with Crippen molar-refractivity contribution in [3.8, 4) is 5.75 Å². The molecule has 0 spiro atoms. The highest BCUT2D eigenvalue weighted by Crippen LogP contribution is 2.40. The second-order valence-electron chi connectivity index (χ2n) is 6.58. The predicted molar refractivity (Wildman–Crippen MR) is 98.6 cm³/mol. The summed E-state index contributed by atoms with van der Waals surface area (Å²) in [5.41, 5.74) is 1.52. The maximum Gasteiger partial charge on any atom is 0.191 e. The first-order valence-electron chi connectivity index (χ1n) is 8.78. The van der Waals surface area contributed by atoms with E-state index in [0.29, 0.717) is 5.41 Å². The van der Waals surface area contributed by atoms with Crippen molar-refractivity contribution in [2.24, 2.45) is 10.4 Å². The number of ether oxygens (including phenoxy) is 2. The average Bonchev–Trinajstić information content (AvgIpc) is 3.09. The Balaban J connectivity index is 1.85. The Labute approximate surface area is 145 Å². The molecule has 5 heteroatoms. The lowest BCUT2D eigenvalue weighted by molar-refractivity contribution is 0.138. The molecule has 2 N–H and O–H groups in total. The number of aliphatic imine (C=N–C) groups is 1. The van der Waals surface area contributed by atoms with Crippen molar-refractivity contribution in [1.29, 1.82) is 0 Å². The molecule has 1 aliphatic carbocycles. The minimum Gasteiger partial charge on any atom is -0.497 e. The van der Waals surface area contributed by atoms with Gasteiger partial charge in [-0.25, -0.2) is 0 Å². The van der Waals surface area contributed by atoms with Crippen molar-refractivity contribution in [2.45, 2.75) is 38.6 Å². The normalized spacial score (nSPS) is 16.9. The molecule has 0 saturated heterocycles. The fourth-order valence-electron chi connectivity index (χ4n) is 3.42. The zero-order valence-electron chi connectivity index (χ0n) is 15.2. The fourth-order valence-corrected chi connectivity index (χ4v) is 3.42.